The van der Waals surface area contributed by atoms with Crippen LogP contribution in [0.4, 0.5) is 0 Å². The summed E-state index contributed by atoms with van der Waals surface area (Å²) in [5.74, 6) is 2.88. The van der Waals surface area contributed by atoms with E-state index < -0.39 is 5.91 Å². The number of carbonyl (C=O) groups is 1. The maximum absolute atomic E-state index is 11.0. The number of primary amides is 1. The van der Waals surface area contributed by atoms with Crippen LogP contribution in [0.1, 0.15) is 42.0 Å². The fourth-order valence-corrected chi connectivity index (χ4v) is 3.68. The molecule has 2 atom stereocenters. The molecule has 2 unspecified atom stereocenters. The molecule has 23 heavy (non-hydrogen) atoms. The number of amides is 1. The number of nitrogens with zero attached hydrogens (tertiary/aromatic N) is 2. The summed E-state index contributed by atoms with van der Waals surface area (Å²) < 4.78 is 5.39. The third kappa shape index (κ3) is 4.19. The molecule has 1 aliphatic carbocycles. The first-order valence-corrected chi connectivity index (χ1v) is 8.01. The van der Waals surface area contributed by atoms with Crippen molar-refractivity contribution in [3.05, 3.63) is 23.7 Å². The Labute approximate surface area is 153 Å². The fourth-order valence-electron chi connectivity index (χ4n) is 3.68. The summed E-state index contributed by atoms with van der Waals surface area (Å²) in [7, 11) is 1.81. The first-order chi connectivity index (χ1) is 10.7. The largest absolute Gasteiger partial charge is 0.454 e. The van der Waals surface area contributed by atoms with Crippen molar-refractivity contribution in [1.82, 2.24) is 10.2 Å². The van der Waals surface area contributed by atoms with Crippen LogP contribution in [0, 0.1) is 11.8 Å². The summed E-state index contributed by atoms with van der Waals surface area (Å²) in [6.45, 7) is 2.69. The number of rotatable bonds is 3. The molecule has 2 aliphatic rings. The number of furan rings is 1. The highest BCUT2D eigenvalue weighted by Crippen LogP contribution is 2.35. The van der Waals surface area contributed by atoms with Crippen molar-refractivity contribution in [2.24, 2.45) is 22.6 Å². The van der Waals surface area contributed by atoms with E-state index in [9.17, 15) is 4.79 Å². The van der Waals surface area contributed by atoms with Gasteiger partial charge in [-0.2, -0.15) is 0 Å². The van der Waals surface area contributed by atoms with E-state index in [0.717, 1.165) is 30.9 Å². The van der Waals surface area contributed by atoms with Crippen molar-refractivity contribution >= 4 is 35.8 Å². The highest BCUT2D eigenvalue weighted by Gasteiger charge is 2.35. The van der Waals surface area contributed by atoms with Gasteiger partial charge in [-0.1, -0.05) is 12.8 Å². The average molecular weight is 432 g/mol. The van der Waals surface area contributed by atoms with Crippen molar-refractivity contribution in [1.29, 1.82) is 0 Å². The van der Waals surface area contributed by atoms with Crippen LogP contribution in [-0.2, 0) is 6.54 Å². The van der Waals surface area contributed by atoms with E-state index in [1.54, 1.807) is 19.2 Å². The van der Waals surface area contributed by atoms with Crippen LogP contribution in [-0.4, -0.2) is 36.9 Å². The second-order valence-corrected chi connectivity index (χ2v) is 6.24. The third-order valence-electron chi connectivity index (χ3n) is 4.81. The van der Waals surface area contributed by atoms with Crippen molar-refractivity contribution in [3.8, 4) is 0 Å². The van der Waals surface area contributed by atoms with E-state index in [2.05, 4.69) is 15.2 Å². The summed E-state index contributed by atoms with van der Waals surface area (Å²) in [6, 6.07) is 3.37. The van der Waals surface area contributed by atoms with E-state index in [4.69, 9.17) is 10.2 Å². The Morgan fingerprint density at radius 1 is 1.35 bits per heavy atom. The van der Waals surface area contributed by atoms with Gasteiger partial charge in [-0.3, -0.25) is 9.79 Å². The van der Waals surface area contributed by atoms with Crippen molar-refractivity contribution in [2.45, 2.75) is 32.2 Å². The molecule has 6 nitrogen and oxygen atoms in total. The van der Waals surface area contributed by atoms with E-state index >= 15 is 0 Å². The van der Waals surface area contributed by atoms with Gasteiger partial charge in [0.2, 0.25) is 0 Å². The molecule has 2 heterocycles. The quantitative estimate of drug-likeness (QED) is 0.436. The van der Waals surface area contributed by atoms with Crippen LogP contribution in [0.3, 0.4) is 0 Å². The fraction of sp³-hybridized carbons (Fsp3) is 0.625. The van der Waals surface area contributed by atoms with Gasteiger partial charge in [0.1, 0.15) is 5.76 Å². The first-order valence-electron chi connectivity index (χ1n) is 8.01. The Kier molecular flexibility index (Phi) is 6.32. The highest BCUT2D eigenvalue weighted by atomic mass is 127. The SMILES string of the molecule is CN=C(NCc1ccc(C(N)=O)o1)N1CC2CCCCC2C1.I. The monoisotopic (exact) mass is 432 g/mol. The zero-order valence-corrected chi connectivity index (χ0v) is 15.8. The smallest absolute Gasteiger partial charge is 0.284 e. The topological polar surface area (TPSA) is 83.9 Å². The second kappa shape index (κ2) is 8.03. The van der Waals surface area contributed by atoms with Crippen molar-refractivity contribution in [2.75, 3.05) is 20.1 Å². The molecule has 0 spiro atoms. The molecule has 1 amide bonds. The average Bonchev–Trinajstić information content (AvgIpc) is 3.14. The van der Waals surface area contributed by atoms with Crippen molar-refractivity contribution < 1.29 is 9.21 Å². The summed E-state index contributed by atoms with van der Waals surface area (Å²) in [6.07, 6.45) is 5.42. The lowest BCUT2D eigenvalue weighted by molar-refractivity contribution is 0.0972. The molecular formula is C16H25IN4O2. The predicted octanol–water partition coefficient (Wildman–Crippen LogP) is 2.19. The molecule has 1 aromatic heterocycles. The van der Waals surface area contributed by atoms with Gasteiger partial charge in [0.15, 0.2) is 11.7 Å². The Bertz CT molecular complexity index is 558. The second-order valence-electron chi connectivity index (χ2n) is 6.24. The predicted molar refractivity (Wildman–Crippen MR) is 99.9 cm³/mol. The summed E-state index contributed by atoms with van der Waals surface area (Å²) in [5.41, 5.74) is 5.19. The standard InChI is InChI=1S/C16H24N4O2.HI/c1-18-16(19-8-13-6-7-14(22-13)15(17)21)20-9-11-4-2-3-5-12(11)10-20;/h6-7,11-12H,2-5,8-10H2,1H3,(H2,17,21)(H,18,19);1H. The number of likely N-dealkylation sites (tertiary alicyclic amines) is 1. The first kappa shape index (κ1) is 18.1. The number of aliphatic imine (C=N–C) groups is 1. The number of nitrogens with one attached hydrogen (secondary N) is 1. The van der Waals surface area contributed by atoms with Gasteiger partial charge in [-0.05, 0) is 36.8 Å². The van der Waals surface area contributed by atoms with Crippen LogP contribution < -0.4 is 11.1 Å². The number of fused-ring (bicyclic) bond motifs is 1. The van der Waals surface area contributed by atoms with Gasteiger partial charge in [0, 0.05) is 20.1 Å². The molecule has 1 aliphatic heterocycles. The number of hydrogen-bond acceptors (Lipinski definition) is 3. The minimum absolute atomic E-state index is 0. The van der Waals surface area contributed by atoms with Gasteiger partial charge < -0.3 is 20.4 Å². The molecule has 0 radical (unpaired) electrons. The van der Waals surface area contributed by atoms with Gasteiger partial charge in [-0.25, -0.2) is 0 Å². The molecule has 3 N–H and O–H groups in total. The Morgan fingerprint density at radius 2 is 2.00 bits per heavy atom. The normalized spacial score (nSPS) is 24.0. The lowest BCUT2D eigenvalue weighted by Gasteiger charge is -2.22. The Hall–Kier alpha value is -1.25. The molecule has 1 aromatic rings. The molecule has 0 bridgehead atoms. The molecule has 3 rings (SSSR count). The lowest BCUT2D eigenvalue weighted by atomic mass is 9.82. The summed E-state index contributed by atoms with van der Waals surface area (Å²) >= 11 is 0. The molecule has 1 saturated carbocycles. The Balaban J connectivity index is 0.00000192. The molecule has 7 heteroatoms. The highest BCUT2D eigenvalue weighted by molar-refractivity contribution is 14.0. The van der Waals surface area contributed by atoms with Crippen molar-refractivity contribution in [3.63, 3.8) is 0 Å². The zero-order valence-electron chi connectivity index (χ0n) is 13.5. The molecule has 0 aromatic carbocycles. The van der Waals surface area contributed by atoms with Crippen LogP contribution in [0.25, 0.3) is 0 Å². The summed E-state index contributed by atoms with van der Waals surface area (Å²) in [4.78, 5) is 17.8. The maximum Gasteiger partial charge on any atom is 0.284 e. The van der Waals surface area contributed by atoms with Crippen LogP contribution in [0.15, 0.2) is 21.5 Å². The van der Waals surface area contributed by atoms with E-state index in [1.807, 2.05) is 0 Å². The van der Waals surface area contributed by atoms with E-state index in [-0.39, 0.29) is 29.7 Å². The van der Waals surface area contributed by atoms with Gasteiger partial charge in [-0.15, -0.1) is 24.0 Å². The van der Waals surface area contributed by atoms with Crippen LogP contribution in [0.2, 0.25) is 0 Å². The molecule has 1 saturated heterocycles. The number of nitrogens with two attached hydrogens (primary N) is 1. The van der Waals surface area contributed by atoms with Gasteiger partial charge in [0.05, 0.1) is 6.54 Å². The minimum Gasteiger partial charge on any atom is -0.454 e. The van der Waals surface area contributed by atoms with Gasteiger partial charge in [0.25, 0.3) is 5.91 Å². The number of guanidine groups is 1. The minimum atomic E-state index is -0.542. The molecular weight excluding hydrogens is 407 g/mol. The molecule has 128 valence electrons. The number of halogens is 1. The number of hydrogen-bond donors (Lipinski definition) is 2. The molecule has 2 fully saturated rings. The van der Waals surface area contributed by atoms with Crippen LogP contribution in [0.5, 0.6) is 0 Å². The summed E-state index contributed by atoms with van der Waals surface area (Å²) in [5, 5.41) is 3.32. The van der Waals surface area contributed by atoms with Gasteiger partial charge >= 0.3 is 0 Å². The lowest BCUT2D eigenvalue weighted by Crippen LogP contribution is -2.39. The third-order valence-corrected chi connectivity index (χ3v) is 4.81. The van der Waals surface area contributed by atoms with Crippen LogP contribution >= 0.6 is 24.0 Å². The van der Waals surface area contributed by atoms with E-state index in [0.29, 0.717) is 12.3 Å². The zero-order chi connectivity index (χ0) is 15.5. The van der Waals surface area contributed by atoms with E-state index in [1.165, 1.54) is 25.7 Å². The number of carbonyl (C=O) groups excluding carboxylic acids is 1. The maximum atomic E-state index is 11.0. The Morgan fingerprint density at radius 3 is 2.52 bits per heavy atom.